The molecule has 1 aromatic heterocycles. The van der Waals surface area contributed by atoms with Crippen molar-refractivity contribution in [3.63, 3.8) is 0 Å². The number of ether oxygens (including phenoxy) is 1. The second kappa shape index (κ2) is 4.54. The molecule has 6 heteroatoms. The molecule has 108 valence electrons. The van der Waals surface area contributed by atoms with Crippen LogP contribution in [-0.2, 0) is 11.0 Å². The van der Waals surface area contributed by atoms with Crippen LogP contribution in [0.2, 0.25) is 0 Å². The van der Waals surface area contributed by atoms with Gasteiger partial charge in [0.2, 0.25) is 0 Å². The van der Waals surface area contributed by atoms with Crippen molar-refractivity contribution < 1.29 is 22.7 Å². The zero-order valence-electron chi connectivity index (χ0n) is 11.5. The van der Waals surface area contributed by atoms with Gasteiger partial charge in [0.25, 0.3) is 0 Å². The quantitative estimate of drug-likeness (QED) is 0.803. The third kappa shape index (κ3) is 2.26. The molecule has 0 saturated carbocycles. The van der Waals surface area contributed by atoms with E-state index in [9.17, 15) is 18.0 Å². The molecule has 2 rings (SSSR count). The van der Waals surface area contributed by atoms with Crippen LogP contribution in [-0.4, -0.2) is 11.0 Å². The molecule has 0 radical (unpaired) electrons. The summed E-state index contributed by atoms with van der Waals surface area (Å²) in [7, 11) is 0. The molecule has 1 heterocycles. The van der Waals surface area contributed by atoms with Crippen LogP contribution in [0.15, 0.2) is 6.07 Å². The van der Waals surface area contributed by atoms with Crippen LogP contribution in [0.5, 0.6) is 5.75 Å². The number of H-pyrrole nitrogens is 1. The Morgan fingerprint density at radius 1 is 1.20 bits per heavy atom. The highest BCUT2D eigenvalue weighted by Gasteiger charge is 2.34. The first-order chi connectivity index (χ1) is 9.12. The number of benzene rings is 1. The maximum Gasteiger partial charge on any atom is 0.416 e. The molecule has 0 spiro atoms. The smallest absolute Gasteiger partial charge is 0.416 e. The summed E-state index contributed by atoms with van der Waals surface area (Å²) in [5.74, 6) is -0.215. The number of alkyl halides is 3. The standard InChI is InChI=1S/C14H14F3NO2/c1-6-7(2)12-11(5-10(6)14(15,16)17)18-8(3)13(12)20-9(4)19/h5,18H,1-4H3. The summed E-state index contributed by atoms with van der Waals surface area (Å²) < 4.78 is 44.0. The maximum atomic E-state index is 13.0. The lowest BCUT2D eigenvalue weighted by atomic mass is 9.98. The van der Waals surface area contributed by atoms with Gasteiger partial charge in [-0.3, -0.25) is 4.79 Å². The number of aryl methyl sites for hydroxylation is 2. The van der Waals surface area contributed by atoms with Crippen molar-refractivity contribution in [1.82, 2.24) is 4.98 Å². The fraction of sp³-hybridized carbons (Fsp3) is 0.357. The Hall–Kier alpha value is -1.98. The van der Waals surface area contributed by atoms with Gasteiger partial charge >= 0.3 is 12.1 Å². The molecule has 1 aromatic carbocycles. The molecule has 0 aliphatic heterocycles. The van der Waals surface area contributed by atoms with Crippen molar-refractivity contribution in [1.29, 1.82) is 0 Å². The molecule has 0 bridgehead atoms. The minimum absolute atomic E-state index is 0.136. The molecule has 3 nitrogen and oxygen atoms in total. The van der Waals surface area contributed by atoms with E-state index in [2.05, 4.69) is 4.98 Å². The van der Waals surface area contributed by atoms with Gasteiger partial charge in [0.15, 0.2) is 5.75 Å². The summed E-state index contributed by atoms with van der Waals surface area (Å²) in [6.07, 6.45) is -4.41. The van der Waals surface area contributed by atoms with Crippen LogP contribution in [0.4, 0.5) is 13.2 Å². The van der Waals surface area contributed by atoms with E-state index in [1.54, 1.807) is 13.8 Å². The molecule has 0 amide bonds. The Bertz CT molecular complexity index is 699. The summed E-state index contributed by atoms with van der Waals surface area (Å²) in [5.41, 5.74) is 0.747. The van der Waals surface area contributed by atoms with Gasteiger partial charge in [-0.05, 0) is 38.0 Å². The van der Waals surface area contributed by atoms with Crippen molar-refractivity contribution in [2.24, 2.45) is 0 Å². The van der Waals surface area contributed by atoms with Crippen molar-refractivity contribution in [2.45, 2.75) is 33.9 Å². The van der Waals surface area contributed by atoms with E-state index in [-0.39, 0.29) is 5.56 Å². The fourth-order valence-corrected chi connectivity index (χ4v) is 2.32. The second-order valence-electron chi connectivity index (χ2n) is 4.77. The molecule has 0 fully saturated rings. The van der Waals surface area contributed by atoms with E-state index in [0.29, 0.717) is 27.9 Å². The molecule has 0 aliphatic rings. The normalized spacial score (nSPS) is 11.9. The zero-order valence-corrected chi connectivity index (χ0v) is 11.5. The summed E-state index contributed by atoms with van der Waals surface area (Å²) in [6, 6.07) is 1.05. The van der Waals surface area contributed by atoms with Gasteiger partial charge in [-0.25, -0.2) is 0 Å². The molecule has 20 heavy (non-hydrogen) atoms. The van der Waals surface area contributed by atoms with Crippen molar-refractivity contribution >= 4 is 16.9 Å². The zero-order chi connectivity index (χ0) is 15.2. The van der Waals surface area contributed by atoms with Gasteiger partial charge in [0.1, 0.15) is 0 Å². The molecular formula is C14H14F3NO2. The molecule has 0 atom stereocenters. The first-order valence-corrected chi connectivity index (χ1v) is 6.01. The number of hydrogen-bond acceptors (Lipinski definition) is 2. The topological polar surface area (TPSA) is 42.1 Å². The summed E-state index contributed by atoms with van der Waals surface area (Å²) in [4.78, 5) is 13.9. The molecular weight excluding hydrogens is 271 g/mol. The average Bonchev–Trinajstić information content (AvgIpc) is 2.59. The van der Waals surface area contributed by atoms with Crippen molar-refractivity contribution in [3.05, 3.63) is 28.5 Å². The van der Waals surface area contributed by atoms with Crippen LogP contribution in [0.1, 0.15) is 29.3 Å². The fourth-order valence-electron chi connectivity index (χ4n) is 2.32. The number of nitrogens with one attached hydrogen (secondary N) is 1. The number of rotatable bonds is 1. The predicted molar refractivity (Wildman–Crippen MR) is 68.8 cm³/mol. The molecule has 0 unspecified atom stereocenters. The largest absolute Gasteiger partial charge is 0.424 e. The van der Waals surface area contributed by atoms with Gasteiger partial charge in [-0.2, -0.15) is 13.2 Å². The van der Waals surface area contributed by atoms with Gasteiger partial charge in [-0.1, -0.05) is 0 Å². The van der Waals surface area contributed by atoms with E-state index in [4.69, 9.17) is 4.74 Å². The highest BCUT2D eigenvalue weighted by molar-refractivity contribution is 5.94. The lowest BCUT2D eigenvalue weighted by molar-refractivity contribution is -0.138. The van der Waals surface area contributed by atoms with Crippen LogP contribution < -0.4 is 4.74 Å². The lowest BCUT2D eigenvalue weighted by Gasteiger charge is -2.13. The Balaban J connectivity index is 2.80. The Morgan fingerprint density at radius 2 is 1.80 bits per heavy atom. The third-order valence-electron chi connectivity index (χ3n) is 3.34. The summed E-state index contributed by atoms with van der Waals surface area (Å²) in [6.45, 7) is 5.91. The van der Waals surface area contributed by atoms with E-state index in [1.165, 1.54) is 13.8 Å². The van der Waals surface area contributed by atoms with Crippen molar-refractivity contribution in [3.8, 4) is 5.75 Å². The van der Waals surface area contributed by atoms with E-state index >= 15 is 0 Å². The highest BCUT2D eigenvalue weighted by Crippen LogP contribution is 2.40. The first kappa shape index (κ1) is 14.4. The highest BCUT2D eigenvalue weighted by atomic mass is 19.4. The third-order valence-corrected chi connectivity index (χ3v) is 3.34. The van der Waals surface area contributed by atoms with Gasteiger partial charge < -0.3 is 9.72 Å². The molecule has 0 aliphatic carbocycles. The number of esters is 1. The number of fused-ring (bicyclic) bond motifs is 1. The molecule has 1 N–H and O–H groups in total. The monoisotopic (exact) mass is 285 g/mol. The van der Waals surface area contributed by atoms with E-state index in [1.807, 2.05) is 0 Å². The Kier molecular flexibility index (Phi) is 3.28. The van der Waals surface area contributed by atoms with Crippen LogP contribution in [0.3, 0.4) is 0 Å². The van der Waals surface area contributed by atoms with Crippen LogP contribution in [0.25, 0.3) is 10.9 Å². The molecule has 2 aromatic rings. The van der Waals surface area contributed by atoms with Gasteiger partial charge in [0, 0.05) is 12.3 Å². The van der Waals surface area contributed by atoms with E-state index in [0.717, 1.165) is 6.07 Å². The molecule has 0 saturated heterocycles. The van der Waals surface area contributed by atoms with Crippen molar-refractivity contribution in [2.75, 3.05) is 0 Å². The first-order valence-electron chi connectivity index (χ1n) is 6.01. The van der Waals surface area contributed by atoms with Gasteiger partial charge in [0.05, 0.1) is 16.8 Å². The van der Waals surface area contributed by atoms with E-state index < -0.39 is 17.7 Å². The minimum Gasteiger partial charge on any atom is -0.424 e. The summed E-state index contributed by atoms with van der Waals surface area (Å²) in [5, 5.41) is 0.517. The number of hydrogen-bond donors (Lipinski definition) is 1. The van der Waals surface area contributed by atoms with Gasteiger partial charge in [-0.15, -0.1) is 0 Å². The predicted octanol–water partition coefficient (Wildman–Crippen LogP) is 4.04. The summed E-state index contributed by atoms with van der Waals surface area (Å²) >= 11 is 0. The number of halogens is 3. The SMILES string of the molecule is CC(=O)Oc1c(C)[nH]c2cc(C(F)(F)F)c(C)c(C)c12. The van der Waals surface area contributed by atoms with Crippen LogP contribution >= 0.6 is 0 Å². The Labute approximate surface area is 113 Å². The minimum atomic E-state index is -4.41. The number of aromatic nitrogens is 1. The number of carbonyl (C=O) groups excluding carboxylic acids is 1. The van der Waals surface area contributed by atoms with Crippen LogP contribution in [0, 0.1) is 20.8 Å². The second-order valence-corrected chi connectivity index (χ2v) is 4.77. The number of carbonyl (C=O) groups is 1. The lowest BCUT2D eigenvalue weighted by Crippen LogP contribution is -2.09. The maximum absolute atomic E-state index is 13.0. The number of aromatic amines is 1. The average molecular weight is 285 g/mol. The Morgan fingerprint density at radius 3 is 2.30 bits per heavy atom.